The van der Waals surface area contributed by atoms with Gasteiger partial charge in [-0.3, -0.25) is 0 Å². The third-order valence-corrected chi connectivity index (χ3v) is 3.65. The van der Waals surface area contributed by atoms with Crippen LogP contribution in [-0.4, -0.2) is 9.97 Å². The Morgan fingerprint density at radius 2 is 1.44 bits per heavy atom. The first-order valence-corrected chi connectivity index (χ1v) is 7.89. The second kappa shape index (κ2) is 9.19. The van der Waals surface area contributed by atoms with E-state index in [1.807, 2.05) is 84.9 Å². The molecule has 0 unspecified atom stereocenters. The van der Waals surface area contributed by atoms with Gasteiger partial charge in [-0.25, -0.2) is 9.97 Å². The Kier molecular flexibility index (Phi) is 6.96. The molecule has 0 fully saturated rings. The number of nitrogens with two attached hydrogens (primary N) is 1. The zero-order valence-corrected chi connectivity index (χ0v) is 15.1. The van der Waals surface area contributed by atoms with Crippen LogP contribution in [0.15, 0.2) is 84.9 Å². The van der Waals surface area contributed by atoms with Gasteiger partial charge >= 0.3 is 0 Å². The van der Waals surface area contributed by atoms with Crippen LogP contribution in [0.3, 0.4) is 0 Å². The van der Waals surface area contributed by atoms with E-state index in [9.17, 15) is 0 Å². The monoisotopic (exact) mass is 389 g/mol. The van der Waals surface area contributed by atoms with E-state index >= 15 is 0 Å². The van der Waals surface area contributed by atoms with Gasteiger partial charge in [0.25, 0.3) is 0 Å². The number of hydrogen-bond donors (Lipinski definition) is 1. The maximum Gasteiger partial charge on any atom is 0.218 e. The third kappa shape index (κ3) is 5.30. The number of hydrogen-bond acceptors (Lipinski definition) is 3. The molecule has 0 bridgehead atoms. The summed E-state index contributed by atoms with van der Waals surface area (Å²) in [6.07, 6.45) is 0. The molecule has 0 saturated heterocycles. The largest absolute Gasteiger partial charge is 0.748 e. The van der Waals surface area contributed by atoms with Gasteiger partial charge in [-0.1, -0.05) is 35.4 Å². The first-order chi connectivity index (χ1) is 11.7. The Balaban J connectivity index is 0.000000325. The van der Waals surface area contributed by atoms with Gasteiger partial charge in [0, 0.05) is 27.8 Å². The van der Waals surface area contributed by atoms with E-state index in [-0.39, 0.29) is 23.0 Å². The van der Waals surface area contributed by atoms with Crippen molar-refractivity contribution in [3.8, 4) is 22.5 Å². The van der Waals surface area contributed by atoms with E-state index < -0.39 is 0 Å². The number of rotatable bonds is 2. The predicted molar refractivity (Wildman–Crippen MR) is 100.0 cm³/mol. The molecule has 1 aromatic heterocycles. The molecular formula is C20H16ClFeN3-6. The number of aromatic nitrogens is 2. The second-order valence-corrected chi connectivity index (χ2v) is 5.58. The van der Waals surface area contributed by atoms with Crippen LogP contribution in [0, 0.1) is 0 Å². The summed E-state index contributed by atoms with van der Waals surface area (Å²) >= 11 is 5.89. The summed E-state index contributed by atoms with van der Waals surface area (Å²) in [5, 5.41) is 0.696. The Morgan fingerprint density at radius 3 is 2.00 bits per heavy atom. The maximum atomic E-state index is 5.89. The average molecular weight is 390 g/mol. The average Bonchev–Trinajstić information content (AvgIpc) is 3.31. The fraction of sp³-hybridized carbons (Fsp3) is 0. The molecule has 2 N–H and O–H groups in total. The van der Waals surface area contributed by atoms with E-state index in [4.69, 9.17) is 17.3 Å². The van der Waals surface area contributed by atoms with Gasteiger partial charge in [-0.15, -0.1) is 12.1 Å². The molecule has 0 saturated carbocycles. The van der Waals surface area contributed by atoms with Crippen molar-refractivity contribution in [1.29, 1.82) is 0 Å². The van der Waals surface area contributed by atoms with Crippen LogP contribution in [0.25, 0.3) is 22.5 Å². The van der Waals surface area contributed by atoms with E-state index in [0.29, 0.717) is 5.02 Å². The topological polar surface area (TPSA) is 51.8 Å². The van der Waals surface area contributed by atoms with Crippen LogP contribution >= 0.6 is 11.6 Å². The van der Waals surface area contributed by atoms with Gasteiger partial charge < -0.3 is 36.1 Å². The first-order valence-electron chi connectivity index (χ1n) is 7.51. The zero-order valence-electron chi connectivity index (χ0n) is 13.3. The van der Waals surface area contributed by atoms with Crippen LogP contribution in [-0.2, 0) is 17.1 Å². The minimum atomic E-state index is 0. The molecule has 5 heteroatoms. The molecule has 132 valence electrons. The molecule has 0 amide bonds. The van der Waals surface area contributed by atoms with Crippen LogP contribution in [0.4, 0.5) is 5.95 Å². The number of nitrogen functional groups attached to an aromatic ring is 1. The standard InChI is InChI=1S/C15H11ClN3.C5H5.Fe/c16-12-7-5-11(6-8-12)14-9-13(18-15(17)19-14)10-3-1-2-4-10;1-2-4-5-3-1;/h1-9H,(H2,17,18,19);1-5H;/q-1;-5;. The molecule has 0 aliphatic rings. The van der Waals surface area contributed by atoms with Crippen molar-refractivity contribution >= 4 is 17.5 Å². The van der Waals surface area contributed by atoms with Crippen LogP contribution in [0.5, 0.6) is 0 Å². The summed E-state index contributed by atoms with van der Waals surface area (Å²) < 4.78 is 0. The van der Waals surface area contributed by atoms with Crippen molar-refractivity contribution in [1.82, 2.24) is 9.97 Å². The van der Waals surface area contributed by atoms with Crippen molar-refractivity contribution in [3.05, 3.63) is 90.0 Å². The van der Waals surface area contributed by atoms with E-state index in [1.165, 1.54) is 0 Å². The molecule has 0 aliphatic carbocycles. The van der Waals surface area contributed by atoms with Gasteiger partial charge in [0.2, 0.25) is 5.95 Å². The molecule has 4 rings (SSSR count). The van der Waals surface area contributed by atoms with Gasteiger partial charge in [-0.05, 0) is 23.4 Å². The summed E-state index contributed by atoms with van der Waals surface area (Å²) in [6, 6.07) is 27.3. The van der Waals surface area contributed by atoms with Gasteiger partial charge in [-0.2, -0.15) is 12.1 Å². The predicted octanol–water partition coefficient (Wildman–Crippen LogP) is 5.17. The number of halogens is 1. The minimum Gasteiger partial charge on any atom is -0.748 e. The molecule has 0 spiro atoms. The number of anilines is 1. The Morgan fingerprint density at radius 1 is 0.880 bits per heavy atom. The molecule has 4 aromatic rings. The molecule has 0 atom stereocenters. The summed E-state index contributed by atoms with van der Waals surface area (Å²) in [5.41, 5.74) is 9.39. The smallest absolute Gasteiger partial charge is 0.218 e. The summed E-state index contributed by atoms with van der Waals surface area (Å²) in [4.78, 5) is 8.53. The van der Waals surface area contributed by atoms with Gasteiger partial charge in [0.1, 0.15) is 0 Å². The first kappa shape index (κ1) is 18.9. The number of benzene rings is 1. The van der Waals surface area contributed by atoms with Crippen molar-refractivity contribution in [2.75, 3.05) is 5.73 Å². The molecular weight excluding hydrogens is 374 g/mol. The fourth-order valence-corrected chi connectivity index (χ4v) is 2.37. The Hall–Kier alpha value is -2.39. The second-order valence-electron chi connectivity index (χ2n) is 5.14. The minimum absolute atomic E-state index is 0. The molecule has 0 radical (unpaired) electrons. The fourth-order valence-electron chi connectivity index (χ4n) is 2.25. The van der Waals surface area contributed by atoms with E-state index in [0.717, 1.165) is 22.5 Å². The van der Waals surface area contributed by atoms with E-state index in [1.54, 1.807) is 0 Å². The summed E-state index contributed by atoms with van der Waals surface area (Å²) in [6.45, 7) is 0. The zero-order chi connectivity index (χ0) is 16.8. The summed E-state index contributed by atoms with van der Waals surface area (Å²) in [7, 11) is 0. The van der Waals surface area contributed by atoms with Gasteiger partial charge in [0.15, 0.2) is 0 Å². The van der Waals surface area contributed by atoms with Crippen molar-refractivity contribution in [2.45, 2.75) is 0 Å². The SMILES string of the molecule is Nc1nc(-c2ccc(Cl)cc2)cc(-[c-]2cccc2)n1.[Fe].[cH-]1[cH-][cH-][cH-][cH-]1. The molecule has 1 heterocycles. The number of nitrogens with zero attached hydrogens (tertiary/aromatic N) is 2. The third-order valence-electron chi connectivity index (χ3n) is 3.40. The van der Waals surface area contributed by atoms with Crippen molar-refractivity contribution in [3.63, 3.8) is 0 Å². The van der Waals surface area contributed by atoms with Crippen LogP contribution < -0.4 is 5.73 Å². The van der Waals surface area contributed by atoms with Gasteiger partial charge in [0.05, 0.1) is 0 Å². The quantitative estimate of drug-likeness (QED) is 0.380. The molecule has 0 aliphatic heterocycles. The van der Waals surface area contributed by atoms with Crippen molar-refractivity contribution in [2.24, 2.45) is 0 Å². The van der Waals surface area contributed by atoms with Crippen molar-refractivity contribution < 1.29 is 17.1 Å². The Bertz CT molecular complexity index is 853. The molecule has 3 nitrogen and oxygen atoms in total. The molecule has 25 heavy (non-hydrogen) atoms. The van der Waals surface area contributed by atoms with Crippen LogP contribution in [0.2, 0.25) is 5.02 Å². The molecule has 3 aromatic carbocycles. The maximum absolute atomic E-state index is 5.89. The van der Waals surface area contributed by atoms with E-state index in [2.05, 4.69) is 9.97 Å². The summed E-state index contributed by atoms with van der Waals surface area (Å²) in [5.74, 6) is 0.267. The van der Waals surface area contributed by atoms with Crippen LogP contribution in [0.1, 0.15) is 0 Å². The Labute approximate surface area is 162 Å². The normalized spacial score (nSPS) is 9.64.